The number of hydrogen-bond acceptors (Lipinski definition) is 5. The molecule has 0 spiro atoms. The number of aromatic nitrogens is 1. The van der Waals surface area contributed by atoms with E-state index in [0.717, 1.165) is 61.9 Å². The minimum absolute atomic E-state index is 0. The smallest absolute Gasteiger partial charge is 0.138 e. The molecule has 3 heterocycles. The van der Waals surface area contributed by atoms with Crippen molar-refractivity contribution in [2.45, 2.75) is 25.5 Å². The molecule has 4 nitrogen and oxygen atoms in total. The second-order valence-electron chi connectivity index (χ2n) is 7.13. The van der Waals surface area contributed by atoms with Gasteiger partial charge in [0.15, 0.2) is 0 Å². The number of aliphatic hydroxyl groups excluding tert-OH is 1. The number of fused-ring (bicyclic) bond motifs is 1. The number of nitrogens with zero attached hydrogens (tertiary/aromatic N) is 2. The molecular weight excluding hydrogens is 415 g/mol. The van der Waals surface area contributed by atoms with Crippen LogP contribution >= 0.6 is 35.3 Å². The summed E-state index contributed by atoms with van der Waals surface area (Å²) in [7, 11) is 2.09. The van der Waals surface area contributed by atoms with E-state index >= 15 is 0 Å². The Bertz CT molecular complexity index is 1120. The van der Waals surface area contributed by atoms with Crippen molar-refractivity contribution in [3.8, 4) is 0 Å². The molecule has 1 aliphatic heterocycles. The molecule has 28 heavy (non-hydrogen) atoms. The Morgan fingerprint density at radius 2 is 2.07 bits per heavy atom. The van der Waals surface area contributed by atoms with Crippen molar-refractivity contribution in [1.82, 2.24) is 9.88 Å². The van der Waals surface area contributed by atoms with Crippen LogP contribution in [-0.4, -0.2) is 28.6 Å². The van der Waals surface area contributed by atoms with E-state index < -0.39 is 6.10 Å². The van der Waals surface area contributed by atoms with Crippen LogP contribution in [0, 0.1) is 0 Å². The average Bonchev–Trinajstić information content (AvgIpc) is 3.16. The molecule has 1 N–H and O–H groups in total. The summed E-state index contributed by atoms with van der Waals surface area (Å²) in [6, 6.07) is 11.8. The van der Waals surface area contributed by atoms with Crippen LogP contribution in [0.2, 0.25) is 5.02 Å². The van der Waals surface area contributed by atoms with Gasteiger partial charge >= 0.3 is 0 Å². The Labute approximate surface area is 178 Å². The number of halogens is 2. The molecule has 2 aromatic heterocycles. The lowest BCUT2D eigenvalue weighted by Gasteiger charge is -2.15. The first-order valence-electron chi connectivity index (χ1n) is 9.04. The van der Waals surface area contributed by atoms with Gasteiger partial charge in [-0.15, -0.1) is 23.7 Å². The minimum Gasteiger partial charge on any atom is -0.458 e. The van der Waals surface area contributed by atoms with Crippen molar-refractivity contribution in [3.05, 3.63) is 63.3 Å². The Balaban J connectivity index is 0.00000192. The first-order chi connectivity index (χ1) is 13.1. The fraction of sp³-hybridized carbons (Fsp3) is 0.286. The van der Waals surface area contributed by atoms with Gasteiger partial charge in [-0.25, -0.2) is 4.98 Å². The van der Waals surface area contributed by atoms with Gasteiger partial charge in [-0.2, -0.15) is 0 Å². The molecule has 4 aromatic rings. The third-order valence-corrected chi connectivity index (χ3v) is 6.63. The fourth-order valence-electron chi connectivity index (χ4n) is 3.91. The normalized spacial score (nSPS) is 15.5. The molecule has 5 rings (SSSR count). The predicted octanol–water partition coefficient (Wildman–Crippen LogP) is 5.38. The molecule has 146 valence electrons. The molecule has 0 saturated carbocycles. The first-order valence-corrected chi connectivity index (χ1v) is 10.2. The maximum Gasteiger partial charge on any atom is 0.138 e. The number of likely N-dealkylation sites (N-methyl/N-ethyl adjacent to an activating group) is 1. The number of furan rings is 1. The summed E-state index contributed by atoms with van der Waals surface area (Å²) in [4.78, 5) is 6.90. The lowest BCUT2D eigenvalue weighted by molar-refractivity contribution is 0.149. The van der Waals surface area contributed by atoms with Crippen molar-refractivity contribution < 1.29 is 9.52 Å². The largest absolute Gasteiger partial charge is 0.458 e. The van der Waals surface area contributed by atoms with Crippen LogP contribution in [0.1, 0.15) is 28.0 Å². The number of hydrogen-bond donors (Lipinski definition) is 1. The SMILES string of the molecule is CN1CCc2c(Cl)ccc3oc(C(O)Cc4nc5ccccc5s4)c(c23)C1.Cl. The van der Waals surface area contributed by atoms with Gasteiger partial charge in [0.1, 0.15) is 17.4 Å². The number of aliphatic hydroxyl groups is 1. The zero-order valence-electron chi connectivity index (χ0n) is 15.3. The highest BCUT2D eigenvalue weighted by atomic mass is 35.5. The van der Waals surface area contributed by atoms with E-state index in [9.17, 15) is 5.11 Å². The van der Waals surface area contributed by atoms with Crippen molar-refractivity contribution in [1.29, 1.82) is 0 Å². The molecule has 0 amide bonds. The zero-order valence-corrected chi connectivity index (χ0v) is 17.7. The van der Waals surface area contributed by atoms with Crippen molar-refractivity contribution in [2.75, 3.05) is 13.6 Å². The monoisotopic (exact) mass is 434 g/mol. The quantitative estimate of drug-likeness (QED) is 0.469. The minimum atomic E-state index is -0.730. The van der Waals surface area contributed by atoms with E-state index in [2.05, 4.69) is 23.0 Å². The highest BCUT2D eigenvalue weighted by Crippen LogP contribution is 2.39. The highest BCUT2D eigenvalue weighted by molar-refractivity contribution is 7.18. The first kappa shape index (κ1) is 19.7. The molecule has 0 aliphatic carbocycles. The molecular formula is C21H20Cl2N2O2S. The van der Waals surface area contributed by atoms with Crippen molar-refractivity contribution >= 4 is 56.5 Å². The summed E-state index contributed by atoms with van der Waals surface area (Å²) in [6.07, 6.45) is 0.594. The summed E-state index contributed by atoms with van der Waals surface area (Å²) >= 11 is 8.08. The Kier molecular flexibility index (Phi) is 5.38. The van der Waals surface area contributed by atoms with Crippen molar-refractivity contribution in [3.63, 3.8) is 0 Å². The van der Waals surface area contributed by atoms with Crippen LogP contribution < -0.4 is 0 Å². The number of benzene rings is 2. The Hall–Kier alpha value is -1.63. The van der Waals surface area contributed by atoms with Crippen molar-refractivity contribution in [2.24, 2.45) is 0 Å². The maximum absolute atomic E-state index is 11.0. The predicted molar refractivity (Wildman–Crippen MR) is 117 cm³/mol. The number of rotatable bonds is 3. The Morgan fingerprint density at radius 1 is 1.25 bits per heavy atom. The lowest BCUT2D eigenvalue weighted by atomic mass is 10.0. The fourth-order valence-corrected chi connectivity index (χ4v) is 5.16. The van der Waals surface area contributed by atoms with Gasteiger partial charge in [0, 0.05) is 35.5 Å². The van der Waals surface area contributed by atoms with Crippen LogP contribution in [0.25, 0.3) is 21.2 Å². The molecule has 0 fully saturated rings. The topological polar surface area (TPSA) is 49.5 Å². The van der Waals surface area contributed by atoms with Gasteiger partial charge in [0.25, 0.3) is 0 Å². The standard InChI is InChI=1S/C21H19ClN2O2S.ClH/c1-24-9-8-12-14(22)6-7-17-20(12)13(11-24)21(26-17)16(25)10-19-23-15-4-2-3-5-18(15)27-19;/h2-7,16,25H,8-11H2,1H3;1H. The highest BCUT2D eigenvalue weighted by Gasteiger charge is 2.27. The van der Waals surface area contributed by atoms with E-state index in [4.69, 9.17) is 16.0 Å². The third-order valence-electron chi connectivity index (χ3n) is 5.22. The molecule has 1 unspecified atom stereocenters. The Morgan fingerprint density at radius 3 is 2.89 bits per heavy atom. The average molecular weight is 435 g/mol. The third kappa shape index (κ3) is 3.31. The van der Waals surface area contributed by atoms with Gasteiger partial charge in [-0.3, -0.25) is 0 Å². The summed E-state index contributed by atoms with van der Waals surface area (Å²) in [6.45, 7) is 1.67. The van der Waals surface area contributed by atoms with E-state index in [0.29, 0.717) is 12.2 Å². The summed E-state index contributed by atoms with van der Waals surface area (Å²) in [5.41, 5.74) is 3.95. The molecule has 1 aliphatic rings. The number of para-hydroxylation sites is 1. The summed E-state index contributed by atoms with van der Waals surface area (Å²) in [5, 5.41) is 13.8. The van der Waals surface area contributed by atoms with Crippen LogP contribution in [0.15, 0.2) is 40.8 Å². The summed E-state index contributed by atoms with van der Waals surface area (Å²) in [5.74, 6) is 0.640. The van der Waals surface area contributed by atoms with E-state index in [1.165, 1.54) is 0 Å². The lowest BCUT2D eigenvalue weighted by Crippen LogP contribution is -2.19. The van der Waals surface area contributed by atoms with E-state index in [-0.39, 0.29) is 12.4 Å². The van der Waals surface area contributed by atoms with E-state index in [1.807, 2.05) is 30.3 Å². The maximum atomic E-state index is 11.0. The van der Waals surface area contributed by atoms with Crippen LogP contribution in [0.4, 0.5) is 0 Å². The van der Waals surface area contributed by atoms with Gasteiger partial charge in [-0.05, 0) is 43.3 Å². The molecule has 0 saturated heterocycles. The van der Waals surface area contributed by atoms with Gasteiger partial charge in [0.2, 0.25) is 0 Å². The van der Waals surface area contributed by atoms with Gasteiger partial charge < -0.3 is 14.4 Å². The van der Waals surface area contributed by atoms with Crippen LogP contribution in [0.5, 0.6) is 0 Å². The molecule has 0 radical (unpaired) electrons. The van der Waals surface area contributed by atoms with E-state index in [1.54, 1.807) is 11.3 Å². The molecule has 2 aromatic carbocycles. The van der Waals surface area contributed by atoms with Crippen LogP contribution in [0.3, 0.4) is 0 Å². The zero-order chi connectivity index (χ0) is 18.5. The second-order valence-corrected chi connectivity index (χ2v) is 8.65. The summed E-state index contributed by atoms with van der Waals surface area (Å²) < 4.78 is 7.25. The molecule has 1 atom stereocenters. The van der Waals surface area contributed by atoms with Gasteiger partial charge in [-0.1, -0.05) is 23.7 Å². The van der Waals surface area contributed by atoms with Crippen LogP contribution in [-0.2, 0) is 19.4 Å². The van der Waals surface area contributed by atoms with Gasteiger partial charge in [0.05, 0.1) is 15.2 Å². The number of thiazole rings is 1. The second kappa shape index (κ2) is 7.65. The molecule has 7 heteroatoms. The molecule has 0 bridgehead atoms.